The van der Waals surface area contributed by atoms with Crippen LogP contribution in [0.5, 0.6) is 0 Å². The van der Waals surface area contributed by atoms with E-state index in [9.17, 15) is 0 Å². The highest BCUT2D eigenvalue weighted by molar-refractivity contribution is 7.04. The van der Waals surface area contributed by atoms with Gasteiger partial charge in [-0.15, -0.1) is 0 Å². The lowest BCUT2D eigenvalue weighted by atomic mass is 9.18. The van der Waals surface area contributed by atoms with Gasteiger partial charge in [-0.3, -0.25) is 0 Å². The second-order valence-corrected chi connectivity index (χ2v) is 8.66. The molecule has 3 aliphatic heterocycles. The topological polar surface area (TPSA) is 9.23 Å². The normalized spacial score (nSPS) is 15.7. The Balaban J connectivity index is 1.70. The smallest absolute Gasteiger partial charge is 0.360 e. The fraction of sp³-hybridized carbons (Fsp3) is 0.111. The summed E-state index contributed by atoms with van der Waals surface area (Å²) in [6.07, 6.45) is 0. The van der Waals surface area contributed by atoms with Crippen LogP contribution in [0, 0.1) is 13.8 Å². The number of rotatable bonds is 2. The fourth-order valence-electron chi connectivity index (χ4n) is 5.42. The molecule has 0 saturated carbocycles. The molecule has 4 aromatic rings. The zero-order valence-electron chi connectivity index (χ0n) is 17.3. The highest BCUT2D eigenvalue weighted by Crippen LogP contribution is 2.40. The molecule has 0 aromatic heterocycles. The van der Waals surface area contributed by atoms with Gasteiger partial charge in [-0.1, -0.05) is 119 Å². The molecule has 0 amide bonds. The van der Waals surface area contributed by atoms with E-state index in [1.807, 2.05) is 0 Å². The first kappa shape index (κ1) is 17.8. The maximum atomic E-state index is 7.18. The third kappa shape index (κ3) is 2.36. The van der Waals surface area contributed by atoms with Gasteiger partial charge in [0.1, 0.15) is 0 Å². The molecule has 0 saturated heterocycles. The van der Waals surface area contributed by atoms with Crippen molar-refractivity contribution in [1.29, 1.82) is 0 Å². The third-order valence-electron chi connectivity index (χ3n) is 6.85. The quantitative estimate of drug-likeness (QED) is 0.483. The van der Waals surface area contributed by atoms with Crippen molar-refractivity contribution in [2.75, 3.05) is 0 Å². The van der Waals surface area contributed by atoms with E-state index in [0.29, 0.717) is 0 Å². The maximum Gasteiger partial charge on any atom is 0.360 e. The second-order valence-electron chi connectivity index (χ2n) is 8.66. The summed E-state index contributed by atoms with van der Waals surface area (Å²) in [5.74, 6) is 0. The minimum absolute atomic E-state index is 0.0648. The summed E-state index contributed by atoms with van der Waals surface area (Å²) in [6, 6.07) is 35.5. The van der Waals surface area contributed by atoms with Crippen LogP contribution in [0.25, 0.3) is 0 Å². The van der Waals surface area contributed by atoms with Crippen molar-refractivity contribution in [3.63, 3.8) is 0 Å². The first-order valence-corrected chi connectivity index (χ1v) is 10.7. The number of hydrogen-bond donors (Lipinski definition) is 0. The molecule has 0 N–H and O–H groups in total. The Morgan fingerprint density at radius 2 is 0.933 bits per heavy atom. The van der Waals surface area contributed by atoms with E-state index in [-0.39, 0.29) is 13.6 Å². The maximum absolute atomic E-state index is 7.18. The van der Waals surface area contributed by atoms with Crippen molar-refractivity contribution in [3.8, 4) is 0 Å². The first-order valence-electron chi connectivity index (χ1n) is 10.7. The van der Waals surface area contributed by atoms with Crippen molar-refractivity contribution in [3.05, 3.63) is 119 Å². The first-order chi connectivity index (χ1) is 14.7. The predicted octanol–water partition coefficient (Wildman–Crippen LogP) is 2.84. The van der Waals surface area contributed by atoms with Crippen molar-refractivity contribution in [1.82, 2.24) is 0 Å². The molecule has 4 aromatic carbocycles. The van der Waals surface area contributed by atoms with Crippen LogP contribution in [-0.2, 0) is 10.2 Å². The minimum Gasteiger partial charge on any atom is -0.419 e. The average Bonchev–Trinajstić information content (AvgIpc) is 2.80. The molecule has 2 bridgehead atoms. The zero-order valence-corrected chi connectivity index (χ0v) is 17.3. The molecule has 0 aliphatic carbocycles. The van der Waals surface area contributed by atoms with Crippen molar-refractivity contribution >= 4 is 35.5 Å². The van der Waals surface area contributed by atoms with Crippen LogP contribution in [-0.4, -0.2) is 13.6 Å². The lowest BCUT2D eigenvalue weighted by molar-refractivity contribution is 0.199. The van der Waals surface area contributed by atoms with Gasteiger partial charge in [-0.05, 0) is 35.9 Å². The van der Waals surface area contributed by atoms with Gasteiger partial charge in [0.05, 0.1) is 5.50 Å². The minimum atomic E-state index is -0.547. The molecule has 1 nitrogen and oxygen atoms in total. The van der Waals surface area contributed by atoms with Crippen molar-refractivity contribution < 1.29 is 4.65 Å². The van der Waals surface area contributed by atoms with E-state index in [2.05, 4.69) is 111 Å². The van der Waals surface area contributed by atoms with Gasteiger partial charge in [0, 0.05) is 0 Å². The van der Waals surface area contributed by atoms with Crippen LogP contribution in [0.3, 0.4) is 0 Å². The molecule has 7 rings (SSSR count). The van der Waals surface area contributed by atoms with Gasteiger partial charge in [0.2, 0.25) is 0 Å². The van der Waals surface area contributed by atoms with E-state index in [1.165, 1.54) is 44.1 Å². The molecule has 0 spiro atoms. The van der Waals surface area contributed by atoms with Gasteiger partial charge in [0.15, 0.2) is 0 Å². The molecule has 3 aliphatic rings. The zero-order chi connectivity index (χ0) is 20.3. The lowest BCUT2D eigenvalue weighted by Crippen LogP contribution is -2.82. The molecular formula is C27H22B2O. The number of fused-ring (bicyclic) bond motifs is 1. The number of hydrogen-bond acceptors (Lipinski definition) is 1. The van der Waals surface area contributed by atoms with E-state index in [0.717, 1.165) is 0 Å². The number of aryl methyl sites for hydroxylation is 2. The molecule has 0 atom stereocenters. The molecular weight excluding hydrogens is 362 g/mol. The molecule has 142 valence electrons. The van der Waals surface area contributed by atoms with Crippen LogP contribution in [0.15, 0.2) is 97.1 Å². The summed E-state index contributed by atoms with van der Waals surface area (Å²) in [5.41, 5.74) is 9.79. The Morgan fingerprint density at radius 3 is 1.37 bits per heavy atom. The van der Waals surface area contributed by atoms with Gasteiger partial charge < -0.3 is 4.65 Å². The monoisotopic (exact) mass is 384 g/mol. The average molecular weight is 384 g/mol. The van der Waals surface area contributed by atoms with Crippen LogP contribution in [0.1, 0.15) is 22.3 Å². The largest absolute Gasteiger partial charge is 0.419 e. The van der Waals surface area contributed by atoms with Crippen LogP contribution >= 0.6 is 0 Å². The molecule has 0 unspecified atom stereocenters. The van der Waals surface area contributed by atoms with Gasteiger partial charge in [-0.2, -0.15) is 0 Å². The van der Waals surface area contributed by atoms with Gasteiger partial charge >= 0.3 is 6.92 Å². The summed E-state index contributed by atoms with van der Waals surface area (Å²) in [5, 5.41) is 0. The van der Waals surface area contributed by atoms with E-state index >= 15 is 0 Å². The van der Waals surface area contributed by atoms with Gasteiger partial charge in [0.25, 0.3) is 6.71 Å². The SMILES string of the molecule is Cc1ccc(C2(c3ccc(C)cc3)OB3c4ccccc4B2c2ccccc23)cc1. The summed E-state index contributed by atoms with van der Waals surface area (Å²) >= 11 is 0. The molecule has 30 heavy (non-hydrogen) atoms. The van der Waals surface area contributed by atoms with E-state index < -0.39 is 5.50 Å². The Hall–Kier alpha value is -3.03. The van der Waals surface area contributed by atoms with Crippen molar-refractivity contribution in [2.45, 2.75) is 19.3 Å². The number of benzene rings is 4. The molecule has 0 fully saturated rings. The van der Waals surface area contributed by atoms with Gasteiger partial charge in [-0.25, -0.2) is 0 Å². The Kier molecular flexibility index (Phi) is 3.85. The predicted molar refractivity (Wildman–Crippen MR) is 127 cm³/mol. The van der Waals surface area contributed by atoms with Crippen LogP contribution in [0.4, 0.5) is 0 Å². The van der Waals surface area contributed by atoms with Crippen LogP contribution in [0.2, 0.25) is 0 Å². The highest BCUT2D eigenvalue weighted by Gasteiger charge is 2.59. The Labute approximate surface area is 178 Å². The Morgan fingerprint density at radius 1 is 0.533 bits per heavy atom. The van der Waals surface area contributed by atoms with E-state index in [4.69, 9.17) is 4.65 Å². The molecule has 0 radical (unpaired) electrons. The summed E-state index contributed by atoms with van der Waals surface area (Å²) < 4.78 is 7.18. The Bertz CT molecular complexity index is 1150. The standard InChI is InChI=1S/C27H22B2O/c1-19-11-15-21(16-12-19)27(22-17-13-20(2)14-18-22)28-23-7-3-5-9-25(23)29(30-27)26-10-6-4-8-24(26)28/h3-18H,1-2H3. The summed E-state index contributed by atoms with van der Waals surface area (Å²) in [4.78, 5) is 0. The summed E-state index contributed by atoms with van der Waals surface area (Å²) in [6.45, 7) is 4.33. The third-order valence-corrected chi connectivity index (χ3v) is 6.85. The highest BCUT2D eigenvalue weighted by atomic mass is 16.5. The van der Waals surface area contributed by atoms with E-state index in [1.54, 1.807) is 0 Å². The fourth-order valence-corrected chi connectivity index (χ4v) is 5.42. The van der Waals surface area contributed by atoms with Crippen molar-refractivity contribution in [2.24, 2.45) is 0 Å². The lowest BCUT2D eigenvalue weighted by Gasteiger charge is -2.51. The molecule has 3 heterocycles. The second kappa shape index (κ2) is 6.48. The van der Waals surface area contributed by atoms with Crippen LogP contribution < -0.4 is 21.9 Å². The summed E-state index contributed by atoms with van der Waals surface area (Å²) in [7, 11) is 0. The molecule has 3 heteroatoms.